The van der Waals surface area contributed by atoms with Gasteiger partial charge in [-0.3, -0.25) is 4.79 Å². The quantitative estimate of drug-likeness (QED) is 0.271. The Kier molecular flexibility index (Phi) is 3.89. The van der Waals surface area contributed by atoms with E-state index in [1.807, 2.05) is 0 Å². The molecular weight excluding hydrogens is 258 g/mol. The van der Waals surface area contributed by atoms with E-state index in [4.69, 9.17) is 0 Å². The highest BCUT2D eigenvalue weighted by molar-refractivity contribution is 5.87. The molecule has 0 atom stereocenters. The Hall–Kier alpha value is -2.12. The average molecular weight is 265 g/mol. The standard InChI is InChI=1S/C10H7F4NO3/c1-6(16)18-8-4-2-7(3-5-8)15(9(11)17)10(12,13)14/h2-5H,1H3. The monoisotopic (exact) mass is 265 g/mol. The average Bonchev–Trinajstić information content (AvgIpc) is 2.17. The molecule has 1 aromatic carbocycles. The van der Waals surface area contributed by atoms with Crippen LogP contribution in [-0.2, 0) is 4.79 Å². The Balaban J connectivity index is 3.02. The van der Waals surface area contributed by atoms with Crippen molar-refractivity contribution in [3.8, 4) is 5.75 Å². The van der Waals surface area contributed by atoms with Crippen LogP contribution >= 0.6 is 0 Å². The summed E-state index contributed by atoms with van der Waals surface area (Å²) in [5.74, 6) is -0.670. The van der Waals surface area contributed by atoms with Gasteiger partial charge in [-0.2, -0.15) is 4.90 Å². The van der Waals surface area contributed by atoms with E-state index in [9.17, 15) is 27.2 Å². The highest BCUT2D eigenvalue weighted by atomic mass is 19.4. The molecule has 98 valence electrons. The van der Waals surface area contributed by atoms with Crippen LogP contribution in [0.1, 0.15) is 6.92 Å². The van der Waals surface area contributed by atoms with Crippen LogP contribution in [0.4, 0.5) is 28.0 Å². The third kappa shape index (κ3) is 3.44. The van der Waals surface area contributed by atoms with E-state index in [0.717, 1.165) is 31.2 Å². The summed E-state index contributed by atoms with van der Waals surface area (Å²) in [6.45, 7) is 1.11. The van der Waals surface area contributed by atoms with Crippen molar-refractivity contribution in [3.63, 3.8) is 0 Å². The van der Waals surface area contributed by atoms with E-state index in [-0.39, 0.29) is 5.75 Å². The van der Waals surface area contributed by atoms with Gasteiger partial charge >= 0.3 is 18.4 Å². The molecule has 0 radical (unpaired) electrons. The van der Waals surface area contributed by atoms with Gasteiger partial charge in [0.05, 0.1) is 5.69 Å². The van der Waals surface area contributed by atoms with Crippen LogP contribution in [0.3, 0.4) is 0 Å². The summed E-state index contributed by atoms with van der Waals surface area (Å²) >= 11 is 0. The first-order chi connectivity index (χ1) is 8.21. The van der Waals surface area contributed by atoms with Crippen molar-refractivity contribution in [1.29, 1.82) is 0 Å². The molecule has 1 amide bonds. The second kappa shape index (κ2) is 5.03. The minimum atomic E-state index is -5.17. The van der Waals surface area contributed by atoms with Crippen LogP contribution in [0.25, 0.3) is 0 Å². The predicted molar refractivity (Wildman–Crippen MR) is 52.8 cm³/mol. The molecule has 4 nitrogen and oxygen atoms in total. The molecule has 0 saturated carbocycles. The molecule has 18 heavy (non-hydrogen) atoms. The van der Waals surface area contributed by atoms with E-state index >= 15 is 0 Å². The predicted octanol–water partition coefficient (Wildman–Crippen LogP) is 3.03. The van der Waals surface area contributed by atoms with Crippen LogP contribution in [0.15, 0.2) is 24.3 Å². The number of benzene rings is 1. The van der Waals surface area contributed by atoms with Crippen LogP contribution < -0.4 is 9.64 Å². The lowest BCUT2D eigenvalue weighted by atomic mass is 10.3. The first-order valence-electron chi connectivity index (χ1n) is 4.56. The number of ether oxygens (including phenoxy) is 1. The zero-order chi connectivity index (χ0) is 13.9. The fourth-order valence-corrected chi connectivity index (χ4v) is 1.18. The Morgan fingerprint density at radius 2 is 1.67 bits per heavy atom. The number of rotatable bonds is 2. The van der Waals surface area contributed by atoms with Gasteiger partial charge in [-0.1, -0.05) is 0 Å². The zero-order valence-electron chi connectivity index (χ0n) is 8.99. The highest BCUT2D eigenvalue weighted by Gasteiger charge is 2.42. The maximum Gasteiger partial charge on any atom is 0.493 e. The number of anilines is 1. The SMILES string of the molecule is CC(=O)Oc1ccc(N(C(=O)F)C(F)(F)F)cc1. The molecule has 0 bridgehead atoms. The number of nitrogens with zero attached hydrogens (tertiary/aromatic N) is 1. The van der Waals surface area contributed by atoms with E-state index in [2.05, 4.69) is 4.74 Å². The number of alkyl halides is 3. The molecule has 0 heterocycles. The van der Waals surface area contributed by atoms with Gasteiger partial charge in [0.25, 0.3) is 0 Å². The first kappa shape index (κ1) is 13.9. The largest absolute Gasteiger partial charge is 0.493 e. The molecule has 0 aliphatic heterocycles. The maximum atomic E-state index is 12.3. The third-order valence-corrected chi connectivity index (χ3v) is 1.79. The lowest BCUT2D eigenvalue weighted by Gasteiger charge is -2.21. The normalized spacial score (nSPS) is 10.9. The molecule has 0 N–H and O–H groups in total. The molecule has 0 aliphatic carbocycles. The fraction of sp³-hybridized carbons (Fsp3) is 0.200. The number of hydrogen-bond acceptors (Lipinski definition) is 3. The number of hydrogen-bond donors (Lipinski definition) is 0. The van der Waals surface area contributed by atoms with Gasteiger partial charge in [-0.05, 0) is 24.3 Å². The number of esters is 1. The molecule has 0 spiro atoms. The van der Waals surface area contributed by atoms with Crippen LogP contribution in [0.2, 0.25) is 0 Å². The molecule has 1 rings (SSSR count). The smallest absolute Gasteiger partial charge is 0.427 e. The molecule has 8 heteroatoms. The lowest BCUT2D eigenvalue weighted by Crippen LogP contribution is -2.40. The van der Waals surface area contributed by atoms with E-state index in [0.29, 0.717) is 0 Å². The Bertz CT molecular complexity index is 455. The van der Waals surface area contributed by atoms with E-state index < -0.39 is 29.0 Å². The third-order valence-electron chi connectivity index (χ3n) is 1.79. The molecule has 1 aromatic rings. The summed E-state index contributed by atoms with van der Waals surface area (Å²) in [6.07, 6.45) is -7.82. The number of halogens is 4. The van der Waals surface area contributed by atoms with Gasteiger partial charge in [-0.15, -0.1) is 17.6 Å². The van der Waals surface area contributed by atoms with Crippen LogP contribution in [-0.4, -0.2) is 18.4 Å². The Labute approximate surface area is 98.7 Å². The van der Waals surface area contributed by atoms with Crippen molar-refractivity contribution in [3.05, 3.63) is 24.3 Å². The van der Waals surface area contributed by atoms with Gasteiger partial charge in [0.2, 0.25) is 0 Å². The highest BCUT2D eigenvalue weighted by Crippen LogP contribution is 2.30. The van der Waals surface area contributed by atoms with Crippen molar-refractivity contribution in [1.82, 2.24) is 0 Å². The molecule has 0 saturated heterocycles. The van der Waals surface area contributed by atoms with Gasteiger partial charge in [0.15, 0.2) is 0 Å². The van der Waals surface area contributed by atoms with Crippen LogP contribution in [0, 0.1) is 0 Å². The molecular formula is C10H7F4NO3. The summed E-state index contributed by atoms with van der Waals surface area (Å²) in [5, 5.41) is 0. The van der Waals surface area contributed by atoms with Crippen molar-refractivity contribution in [2.75, 3.05) is 4.90 Å². The van der Waals surface area contributed by atoms with Gasteiger partial charge < -0.3 is 4.74 Å². The molecule has 0 unspecified atom stereocenters. The van der Waals surface area contributed by atoms with Crippen molar-refractivity contribution >= 4 is 17.8 Å². The van der Waals surface area contributed by atoms with E-state index in [1.165, 1.54) is 0 Å². The fourth-order valence-electron chi connectivity index (χ4n) is 1.18. The Morgan fingerprint density at radius 3 is 2.00 bits per heavy atom. The number of amides is 1. The van der Waals surface area contributed by atoms with Gasteiger partial charge in [0, 0.05) is 6.92 Å². The van der Waals surface area contributed by atoms with Gasteiger partial charge in [-0.25, -0.2) is 4.79 Å². The minimum absolute atomic E-state index is 0.0142. The summed E-state index contributed by atoms with van der Waals surface area (Å²) in [6, 6.07) is 3.64. The van der Waals surface area contributed by atoms with Crippen molar-refractivity contribution in [2.24, 2.45) is 0 Å². The summed E-state index contributed by atoms with van der Waals surface area (Å²) in [5.41, 5.74) is -0.717. The number of carbonyl (C=O) groups excluding carboxylic acids is 2. The molecule has 0 aliphatic rings. The topological polar surface area (TPSA) is 46.6 Å². The second-order valence-corrected chi connectivity index (χ2v) is 3.14. The Morgan fingerprint density at radius 1 is 1.17 bits per heavy atom. The summed E-state index contributed by atoms with van der Waals surface area (Å²) < 4.78 is 54.0. The van der Waals surface area contributed by atoms with Crippen molar-refractivity contribution < 1.29 is 31.9 Å². The van der Waals surface area contributed by atoms with E-state index in [1.54, 1.807) is 0 Å². The minimum Gasteiger partial charge on any atom is -0.427 e. The van der Waals surface area contributed by atoms with Crippen molar-refractivity contribution in [2.45, 2.75) is 13.2 Å². The maximum absolute atomic E-state index is 12.3. The van der Waals surface area contributed by atoms with Gasteiger partial charge in [0.1, 0.15) is 5.75 Å². The second-order valence-electron chi connectivity index (χ2n) is 3.14. The first-order valence-corrected chi connectivity index (χ1v) is 4.56. The molecule has 0 aromatic heterocycles. The molecule has 0 fully saturated rings. The number of carbonyl (C=O) groups is 2. The van der Waals surface area contributed by atoms with Crippen LogP contribution in [0.5, 0.6) is 5.75 Å². The lowest BCUT2D eigenvalue weighted by molar-refractivity contribution is -0.132. The zero-order valence-corrected chi connectivity index (χ0v) is 8.99. The summed E-state index contributed by atoms with van der Waals surface area (Å²) in [7, 11) is 0. The summed E-state index contributed by atoms with van der Waals surface area (Å²) in [4.78, 5) is 19.9.